The molecule has 1 amide bonds. The van der Waals surface area contributed by atoms with E-state index in [0.717, 1.165) is 6.42 Å². The number of benzene rings is 1. The number of carbonyl (C=O) groups is 1. The molecule has 112 valence electrons. The van der Waals surface area contributed by atoms with Crippen LogP contribution in [-0.2, 0) is 0 Å². The topological polar surface area (TPSA) is 38.3 Å². The van der Waals surface area contributed by atoms with Crippen LogP contribution in [0, 0.1) is 5.41 Å². The number of alkyl halides is 1. The molecule has 20 heavy (non-hydrogen) atoms. The average Bonchev–Trinajstić information content (AvgIpc) is 2.33. The first kappa shape index (κ1) is 17.1. The molecule has 1 aromatic rings. The molecule has 0 aliphatic heterocycles. The maximum atomic E-state index is 12.1. The second-order valence-electron chi connectivity index (χ2n) is 5.92. The molecule has 1 unspecified atom stereocenters. The SMILES string of the molecule is COc1ccc(Cl)cc1C(=O)NCC(Cl)CC(C)(C)C. The van der Waals surface area contributed by atoms with Gasteiger partial charge in [0.2, 0.25) is 0 Å². The molecule has 1 rings (SSSR count). The molecule has 0 aromatic heterocycles. The fourth-order valence-corrected chi connectivity index (χ4v) is 2.61. The Kier molecular flexibility index (Phi) is 6.15. The summed E-state index contributed by atoms with van der Waals surface area (Å²) in [6.07, 6.45) is 0.821. The quantitative estimate of drug-likeness (QED) is 0.829. The zero-order chi connectivity index (χ0) is 15.3. The molecule has 1 aromatic carbocycles. The van der Waals surface area contributed by atoms with E-state index < -0.39 is 0 Å². The molecule has 0 saturated carbocycles. The fourth-order valence-electron chi connectivity index (χ4n) is 1.89. The molecule has 0 spiro atoms. The zero-order valence-electron chi connectivity index (χ0n) is 12.3. The molecule has 0 radical (unpaired) electrons. The van der Waals surface area contributed by atoms with E-state index in [0.29, 0.717) is 22.9 Å². The Hall–Kier alpha value is -0.930. The minimum Gasteiger partial charge on any atom is -0.496 e. The third-order valence-electron chi connectivity index (χ3n) is 2.72. The van der Waals surface area contributed by atoms with E-state index in [9.17, 15) is 4.79 Å². The van der Waals surface area contributed by atoms with Gasteiger partial charge in [-0.15, -0.1) is 11.6 Å². The first-order valence-electron chi connectivity index (χ1n) is 6.49. The summed E-state index contributed by atoms with van der Waals surface area (Å²) in [6.45, 7) is 6.76. The maximum Gasteiger partial charge on any atom is 0.255 e. The molecule has 1 atom stereocenters. The Balaban J connectivity index is 2.65. The normalized spacial score (nSPS) is 12.9. The van der Waals surface area contributed by atoms with Crippen LogP contribution in [0.25, 0.3) is 0 Å². The van der Waals surface area contributed by atoms with Crippen molar-refractivity contribution < 1.29 is 9.53 Å². The lowest BCUT2D eigenvalue weighted by molar-refractivity contribution is 0.0949. The Morgan fingerprint density at radius 3 is 2.60 bits per heavy atom. The van der Waals surface area contributed by atoms with Gasteiger partial charge < -0.3 is 10.1 Å². The maximum absolute atomic E-state index is 12.1. The monoisotopic (exact) mass is 317 g/mol. The van der Waals surface area contributed by atoms with E-state index in [1.807, 2.05) is 0 Å². The Labute approximate surface area is 130 Å². The Morgan fingerprint density at radius 2 is 2.05 bits per heavy atom. The molecule has 0 saturated heterocycles. The van der Waals surface area contributed by atoms with Crippen molar-refractivity contribution in [2.75, 3.05) is 13.7 Å². The zero-order valence-corrected chi connectivity index (χ0v) is 13.8. The molecule has 0 heterocycles. The van der Waals surface area contributed by atoms with Crippen LogP contribution in [0.2, 0.25) is 5.02 Å². The highest BCUT2D eigenvalue weighted by Crippen LogP contribution is 2.24. The third kappa shape index (κ3) is 5.59. The van der Waals surface area contributed by atoms with Crippen LogP contribution in [0.4, 0.5) is 0 Å². The van der Waals surface area contributed by atoms with Crippen LogP contribution in [0.1, 0.15) is 37.6 Å². The summed E-state index contributed by atoms with van der Waals surface area (Å²) in [5.74, 6) is 0.262. The molecule has 0 bridgehead atoms. The van der Waals surface area contributed by atoms with Gasteiger partial charge in [0, 0.05) is 11.6 Å². The van der Waals surface area contributed by atoms with E-state index in [1.165, 1.54) is 7.11 Å². The molecule has 5 heteroatoms. The largest absolute Gasteiger partial charge is 0.496 e. The average molecular weight is 318 g/mol. The van der Waals surface area contributed by atoms with Crippen molar-refractivity contribution in [2.24, 2.45) is 5.41 Å². The molecule has 0 aliphatic rings. The van der Waals surface area contributed by atoms with Crippen molar-refractivity contribution in [3.63, 3.8) is 0 Å². The van der Waals surface area contributed by atoms with Gasteiger partial charge in [-0.3, -0.25) is 4.79 Å². The molecule has 0 fully saturated rings. The van der Waals surface area contributed by atoms with Crippen LogP contribution in [0.5, 0.6) is 5.75 Å². The number of carbonyl (C=O) groups excluding carboxylic acids is 1. The minimum absolute atomic E-state index is 0.107. The summed E-state index contributed by atoms with van der Waals surface area (Å²) in [6, 6.07) is 4.94. The predicted octanol–water partition coefficient (Wildman–Crippen LogP) is 4.12. The van der Waals surface area contributed by atoms with Gasteiger partial charge in [0.25, 0.3) is 5.91 Å². The highest BCUT2D eigenvalue weighted by atomic mass is 35.5. The summed E-state index contributed by atoms with van der Waals surface area (Å²) < 4.78 is 5.16. The van der Waals surface area contributed by atoms with Crippen LogP contribution in [0.3, 0.4) is 0 Å². The number of rotatable bonds is 5. The van der Waals surface area contributed by atoms with Crippen LogP contribution >= 0.6 is 23.2 Å². The second kappa shape index (κ2) is 7.19. The van der Waals surface area contributed by atoms with Crippen molar-refractivity contribution in [2.45, 2.75) is 32.6 Å². The molecular weight excluding hydrogens is 297 g/mol. The highest BCUT2D eigenvalue weighted by molar-refractivity contribution is 6.31. The number of halogens is 2. The lowest BCUT2D eigenvalue weighted by Crippen LogP contribution is -2.31. The number of hydrogen-bond acceptors (Lipinski definition) is 2. The number of methoxy groups -OCH3 is 1. The number of nitrogens with one attached hydrogen (secondary N) is 1. The molecule has 3 nitrogen and oxygen atoms in total. The van der Waals surface area contributed by atoms with Gasteiger partial charge in [-0.2, -0.15) is 0 Å². The van der Waals surface area contributed by atoms with Gasteiger partial charge in [-0.25, -0.2) is 0 Å². The molecule has 0 aliphatic carbocycles. The molecular formula is C15H21Cl2NO2. The minimum atomic E-state index is -0.232. The Morgan fingerprint density at radius 1 is 1.40 bits per heavy atom. The third-order valence-corrected chi connectivity index (χ3v) is 3.27. The standard InChI is InChI=1S/C15H21Cl2NO2/c1-15(2,3)8-11(17)9-18-14(19)12-7-10(16)5-6-13(12)20-4/h5-7,11H,8-9H2,1-4H3,(H,18,19). The van der Waals surface area contributed by atoms with Crippen LogP contribution < -0.4 is 10.1 Å². The second-order valence-corrected chi connectivity index (χ2v) is 6.97. The van der Waals surface area contributed by atoms with Gasteiger partial charge >= 0.3 is 0 Å². The summed E-state index contributed by atoms with van der Waals surface area (Å²) in [4.78, 5) is 12.1. The van der Waals surface area contributed by atoms with E-state index in [2.05, 4.69) is 26.1 Å². The van der Waals surface area contributed by atoms with Crippen molar-refractivity contribution in [3.8, 4) is 5.75 Å². The van der Waals surface area contributed by atoms with E-state index in [1.54, 1.807) is 18.2 Å². The van der Waals surface area contributed by atoms with Crippen molar-refractivity contribution >= 4 is 29.1 Å². The van der Waals surface area contributed by atoms with Crippen LogP contribution in [0.15, 0.2) is 18.2 Å². The van der Waals surface area contributed by atoms with Gasteiger partial charge in [0.15, 0.2) is 0 Å². The van der Waals surface area contributed by atoms with Gasteiger partial charge in [-0.1, -0.05) is 32.4 Å². The number of ether oxygens (including phenoxy) is 1. The summed E-state index contributed by atoms with van der Waals surface area (Å²) in [5, 5.41) is 3.20. The first-order chi connectivity index (χ1) is 9.23. The Bertz CT molecular complexity index is 469. The van der Waals surface area contributed by atoms with E-state index in [-0.39, 0.29) is 16.7 Å². The smallest absolute Gasteiger partial charge is 0.255 e. The van der Waals surface area contributed by atoms with E-state index >= 15 is 0 Å². The summed E-state index contributed by atoms with van der Waals surface area (Å²) in [5.41, 5.74) is 0.546. The van der Waals surface area contributed by atoms with Crippen LogP contribution in [-0.4, -0.2) is 24.9 Å². The van der Waals surface area contributed by atoms with Gasteiger partial charge in [-0.05, 0) is 30.0 Å². The highest BCUT2D eigenvalue weighted by Gasteiger charge is 2.19. The number of hydrogen-bond donors (Lipinski definition) is 1. The lowest BCUT2D eigenvalue weighted by atomic mass is 9.90. The van der Waals surface area contributed by atoms with Crippen molar-refractivity contribution in [1.29, 1.82) is 0 Å². The fraction of sp³-hybridized carbons (Fsp3) is 0.533. The molecule has 1 N–H and O–H groups in total. The first-order valence-corrected chi connectivity index (χ1v) is 7.30. The van der Waals surface area contributed by atoms with E-state index in [4.69, 9.17) is 27.9 Å². The van der Waals surface area contributed by atoms with Crippen molar-refractivity contribution in [1.82, 2.24) is 5.32 Å². The lowest BCUT2D eigenvalue weighted by Gasteiger charge is -2.22. The predicted molar refractivity (Wildman–Crippen MR) is 84.1 cm³/mol. The van der Waals surface area contributed by atoms with Gasteiger partial charge in [0.1, 0.15) is 5.75 Å². The summed E-state index contributed by atoms with van der Waals surface area (Å²) in [7, 11) is 1.52. The van der Waals surface area contributed by atoms with Crippen molar-refractivity contribution in [3.05, 3.63) is 28.8 Å². The number of amides is 1. The van der Waals surface area contributed by atoms with Gasteiger partial charge in [0.05, 0.1) is 18.1 Å². The summed E-state index contributed by atoms with van der Waals surface area (Å²) >= 11 is 12.1.